The van der Waals surface area contributed by atoms with Crippen molar-refractivity contribution in [1.29, 1.82) is 0 Å². The van der Waals surface area contributed by atoms with Crippen LogP contribution in [-0.4, -0.2) is 32.8 Å². The van der Waals surface area contributed by atoms with E-state index in [1.165, 1.54) is 48.6 Å². The molecule has 1 unspecified atom stereocenters. The standard InChI is InChI=1S/C19H26N4/c1-2-15-6-8-16(9-7-15)17-10-12-22(13-17)14-19-21-20-18-5-3-4-11-23(18)19/h6-9,17H,2-5,10-14H2,1H3. The molecule has 1 fully saturated rings. The van der Waals surface area contributed by atoms with Crippen LogP contribution in [0.2, 0.25) is 0 Å². The van der Waals surface area contributed by atoms with Crippen molar-refractivity contribution in [2.75, 3.05) is 13.1 Å². The van der Waals surface area contributed by atoms with Gasteiger partial charge in [0.2, 0.25) is 0 Å². The van der Waals surface area contributed by atoms with Gasteiger partial charge in [-0.2, -0.15) is 0 Å². The molecule has 0 aliphatic carbocycles. The first-order valence-corrected chi connectivity index (χ1v) is 9.05. The lowest BCUT2D eigenvalue weighted by Gasteiger charge is -2.19. The van der Waals surface area contributed by atoms with Gasteiger partial charge in [-0.05, 0) is 49.3 Å². The number of nitrogens with zero attached hydrogens (tertiary/aromatic N) is 4. The Balaban J connectivity index is 1.41. The minimum atomic E-state index is 0.671. The Hall–Kier alpha value is -1.68. The number of fused-ring (bicyclic) bond motifs is 1. The maximum Gasteiger partial charge on any atom is 0.147 e. The third kappa shape index (κ3) is 3.05. The van der Waals surface area contributed by atoms with Crippen molar-refractivity contribution in [2.24, 2.45) is 0 Å². The van der Waals surface area contributed by atoms with Crippen molar-refractivity contribution < 1.29 is 0 Å². The van der Waals surface area contributed by atoms with Crippen LogP contribution >= 0.6 is 0 Å². The Morgan fingerprint density at radius 1 is 1.09 bits per heavy atom. The number of benzene rings is 1. The summed E-state index contributed by atoms with van der Waals surface area (Å²) in [6.45, 7) is 6.59. The van der Waals surface area contributed by atoms with Crippen molar-refractivity contribution in [3.63, 3.8) is 0 Å². The van der Waals surface area contributed by atoms with Gasteiger partial charge >= 0.3 is 0 Å². The van der Waals surface area contributed by atoms with Crippen LogP contribution in [0.4, 0.5) is 0 Å². The molecule has 1 saturated heterocycles. The normalized spacial score (nSPS) is 21.5. The number of hydrogen-bond donors (Lipinski definition) is 0. The van der Waals surface area contributed by atoms with E-state index < -0.39 is 0 Å². The fourth-order valence-electron chi connectivity index (χ4n) is 3.96. The number of aromatic nitrogens is 3. The molecule has 1 aromatic heterocycles. The van der Waals surface area contributed by atoms with E-state index in [2.05, 4.69) is 50.9 Å². The molecule has 2 aliphatic heterocycles. The topological polar surface area (TPSA) is 34.0 Å². The van der Waals surface area contributed by atoms with Crippen molar-refractivity contribution >= 4 is 0 Å². The van der Waals surface area contributed by atoms with Crippen LogP contribution in [-0.2, 0) is 25.9 Å². The predicted molar refractivity (Wildman–Crippen MR) is 91.4 cm³/mol. The second kappa shape index (κ2) is 6.44. The summed E-state index contributed by atoms with van der Waals surface area (Å²) in [7, 11) is 0. The second-order valence-corrected chi connectivity index (χ2v) is 6.96. The predicted octanol–water partition coefficient (Wildman–Crippen LogP) is 3.17. The van der Waals surface area contributed by atoms with Crippen LogP contribution < -0.4 is 0 Å². The molecule has 4 rings (SSSR count). The summed E-state index contributed by atoms with van der Waals surface area (Å²) in [5, 5.41) is 8.83. The molecule has 0 radical (unpaired) electrons. The monoisotopic (exact) mass is 310 g/mol. The molecule has 1 atom stereocenters. The van der Waals surface area contributed by atoms with E-state index >= 15 is 0 Å². The minimum Gasteiger partial charge on any atom is -0.314 e. The Labute approximate surface area is 138 Å². The van der Waals surface area contributed by atoms with Crippen LogP contribution in [0, 0.1) is 0 Å². The first kappa shape index (κ1) is 14.9. The number of likely N-dealkylation sites (tertiary alicyclic amines) is 1. The van der Waals surface area contributed by atoms with Crippen LogP contribution in [0.3, 0.4) is 0 Å². The molecule has 0 N–H and O–H groups in total. The van der Waals surface area contributed by atoms with Gasteiger partial charge in [0.05, 0.1) is 6.54 Å². The summed E-state index contributed by atoms with van der Waals surface area (Å²) in [5.41, 5.74) is 2.92. The van der Waals surface area contributed by atoms with Crippen molar-refractivity contribution in [3.05, 3.63) is 47.0 Å². The zero-order chi connectivity index (χ0) is 15.6. The maximum atomic E-state index is 4.45. The molecule has 2 aliphatic rings. The van der Waals surface area contributed by atoms with Crippen LogP contribution in [0.15, 0.2) is 24.3 Å². The lowest BCUT2D eigenvalue weighted by atomic mass is 9.97. The molecule has 0 spiro atoms. The highest BCUT2D eigenvalue weighted by molar-refractivity contribution is 5.26. The molecule has 4 heteroatoms. The number of rotatable bonds is 4. The molecule has 0 amide bonds. The molecule has 1 aromatic carbocycles. The summed E-state index contributed by atoms with van der Waals surface area (Å²) < 4.78 is 2.35. The van der Waals surface area contributed by atoms with Crippen LogP contribution in [0.1, 0.15) is 54.9 Å². The molecule has 0 saturated carbocycles. The summed E-state index contributed by atoms with van der Waals surface area (Å²) in [4.78, 5) is 2.55. The van der Waals surface area contributed by atoms with E-state index in [9.17, 15) is 0 Å². The van der Waals surface area contributed by atoms with Crippen LogP contribution in [0.5, 0.6) is 0 Å². The molecule has 0 bridgehead atoms. The SMILES string of the molecule is CCc1ccc(C2CCN(Cc3nnc4n3CCCC4)C2)cc1. The zero-order valence-electron chi connectivity index (χ0n) is 14.0. The van der Waals surface area contributed by atoms with E-state index in [1.807, 2.05) is 0 Å². The highest BCUT2D eigenvalue weighted by Gasteiger charge is 2.26. The molecular formula is C19H26N4. The van der Waals surface area contributed by atoms with Gasteiger partial charge in [0.1, 0.15) is 11.6 Å². The first-order valence-electron chi connectivity index (χ1n) is 9.05. The highest BCUT2D eigenvalue weighted by Crippen LogP contribution is 2.28. The zero-order valence-corrected chi connectivity index (χ0v) is 14.0. The summed E-state index contributed by atoms with van der Waals surface area (Å²) in [5.74, 6) is 3.03. The highest BCUT2D eigenvalue weighted by atomic mass is 15.3. The first-order chi connectivity index (χ1) is 11.3. The fraction of sp³-hybridized carbons (Fsp3) is 0.579. The van der Waals surface area contributed by atoms with E-state index in [-0.39, 0.29) is 0 Å². The molecule has 122 valence electrons. The van der Waals surface area contributed by atoms with Gasteiger partial charge in [0.25, 0.3) is 0 Å². The smallest absolute Gasteiger partial charge is 0.147 e. The Bertz CT molecular complexity index is 659. The third-order valence-electron chi connectivity index (χ3n) is 5.43. The van der Waals surface area contributed by atoms with E-state index in [0.29, 0.717) is 5.92 Å². The van der Waals surface area contributed by atoms with E-state index in [1.54, 1.807) is 0 Å². The summed E-state index contributed by atoms with van der Waals surface area (Å²) in [6, 6.07) is 9.22. The number of hydrogen-bond acceptors (Lipinski definition) is 3. The van der Waals surface area contributed by atoms with Crippen LogP contribution in [0.25, 0.3) is 0 Å². The van der Waals surface area contributed by atoms with Gasteiger partial charge in [0, 0.05) is 19.5 Å². The fourth-order valence-corrected chi connectivity index (χ4v) is 3.96. The summed E-state index contributed by atoms with van der Waals surface area (Å²) >= 11 is 0. The Morgan fingerprint density at radius 3 is 2.78 bits per heavy atom. The Morgan fingerprint density at radius 2 is 1.96 bits per heavy atom. The van der Waals surface area contributed by atoms with E-state index in [0.717, 1.165) is 32.5 Å². The Kier molecular flexibility index (Phi) is 4.17. The lowest BCUT2D eigenvalue weighted by molar-refractivity contribution is 0.309. The third-order valence-corrected chi connectivity index (χ3v) is 5.43. The van der Waals surface area contributed by atoms with Gasteiger partial charge in [-0.1, -0.05) is 31.2 Å². The van der Waals surface area contributed by atoms with E-state index in [4.69, 9.17) is 0 Å². The molecule has 3 heterocycles. The second-order valence-electron chi connectivity index (χ2n) is 6.96. The molecular weight excluding hydrogens is 284 g/mol. The minimum absolute atomic E-state index is 0.671. The van der Waals surface area contributed by atoms with Gasteiger partial charge in [0.15, 0.2) is 0 Å². The van der Waals surface area contributed by atoms with Gasteiger partial charge in [-0.15, -0.1) is 10.2 Å². The van der Waals surface area contributed by atoms with Crippen molar-refractivity contribution in [2.45, 2.75) is 58.0 Å². The maximum absolute atomic E-state index is 4.45. The molecule has 23 heavy (non-hydrogen) atoms. The van der Waals surface area contributed by atoms with Crippen molar-refractivity contribution in [3.8, 4) is 0 Å². The number of aryl methyl sites for hydroxylation is 2. The van der Waals surface area contributed by atoms with Gasteiger partial charge < -0.3 is 4.57 Å². The lowest BCUT2D eigenvalue weighted by Crippen LogP contribution is -2.23. The van der Waals surface area contributed by atoms with Gasteiger partial charge in [-0.3, -0.25) is 4.90 Å². The average Bonchev–Trinajstić information content (AvgIpc) is 3.23. The average molecular weight is 310 g/mol. The largest absolute Gasteiger partial charge is 0.314 e. The van der Waals surface area contributed by atoms with Gasteiger partial charge in [-0.25, -0.2) is 0 Å². The summed E-state index contributed by atoms with van der Waals surface area (Å²) in [6.07, 6.45) is 6.00. The molecule has 2 aromatic rings. The van der Waals surface area contributed by atoms with Crippen molar-refractivity contribution in [1.82, 2.24) is 19.7 Å². The quantitative estimate of drug-likeness (QED) is 0.870. The molecule has 4 nitrogen and oxygen atoms in total.